The minimum atomic E-state index is -6.85. The van der Waals surface area contributed by atoms with Gasteiger partial charge >= 0.3 is 18.0 Å². The first-order valence-electron chi connectivity index (χ1n) is 14.8. The second kappa shape index (κ2) is 12.8. The fourth-order valence-corrected chi connectivity index (χ4v) is 5.34. The van der Waals surface area contributed by atoms with Crippen molar-refractivity contribution >= 4 is 35.0 Å². The Morgan fingerprint density at radius 1 is 0.385 bits per heavy atom. The van der Waals surface area contributed by atoms with E-state index < -0.39 is 58.4 Å². The van der Waals surface area contributed by atoms with Crippen molar-refractivity contribution < 1.29 is 63.8 Å². The number of carbonyl (C=O) groups excluding carboxylic acids is 4. The number of benzene rings is 4. The molecule has 0 saturated carbocycles. The van der Waals surface area contributed by atoms with Gasteiger partial charge in [0.25, 0.3) is 23.6 Å². The molecule has 0 spiro atoms. The normalized spacial score (nSPS) is 15.2. The molecule has 4 aromatic carbocycles. The zero-order valence-electron chi connectivity index (χ0n) is 25.9. The zero-order chi connectivity index (χ0) is 37.6. The van der Waals surface area contributed by atoms with Crippen LogP contribution in [-0.4, -0.2) is 41.7 Å². The molecule has 2 heterocycles. The van der Waals surface area contributed by atoms with Gasteiger partial charge in [0.15, 0.2) is 0 Å². The van der Waals surface area contributed by atoms with Gasteiger partial charge in [-0.25, -0.2) is 14.2 Å². The molecule has 52 heavy (non-hydrogen) atoms. The van der Waals surface area contributed by atoms with Crippen LogP contribution in [0.25, 0.3) is 0 Å². The number of nitrogens with zero attached hydrogens (tertiary/aromatic N) is 2. The van der Waals surface area contributed by atoms with Gasteiger partial charge in [-0.2, -0.15) is 30.7 Å². The van der Waals surface area contributed by atoms with Crippen LogP contribution in [0.2, 0.25) is 0 Å². The van der Waals surface area contributed by atoms with E-state index in [9.17, 15) is 41.1 Å². The van der Waals surface area contributed by atoms with E-state index in [1.165, 1.54) is 48.5 Å². The molecular weight excluding hydrogens is 708 g/mol. The Labute approximate surface area is 287 Å². The first-order chi connectivity index (χ1) is 24.4. The maximum atomic E-state index is 16.7. The number of alkyl halides is 8. The Morgan fingerprint density at radius 2 is 0.654 bits per heavy atom. The van der Waals surface area contributed by atoms with E-state index in [2.05, 4.69) is 0 Å². The average molecular weight is 729 g/mol. The molecule has 0 radical (unpaired) electrons. The van der Waals surface area contributed by atoms with Crippen molar-refractivity contribution in [2.75, 3.05) is 9.80 Å². The molecule has 0 N–H and O–H groups in total. The lowest BCUT2D eigenvalue weighted by atomic mass is 9.79. The highest BCUT2D eigenvalue weighted by Crippen LogP contribution is 2.58. The topological polar surface area (TPSA) is 93.2 Å². The summed E-state index contributed by atoms with van der Waals surface area (Å²) in [5, 5.41) is 0. The molecule has 266 valence electrons. The lowest BCUT2D eigenvalue weighted by Gasteiger charge is -2.39. The summed E-state index contributed by atoms with van der Waals surface area (Å²) in [6.07, 6.45) is -2.57. The number of imide groups is 2. The van der Waals surface area contributed by atoms with Crippen LogP contribution >= 0.6 is 0 Å². The second-order valence-electron chi connectivity index (χ2n) is 11.2. The molecular formula is C36H20F8N2O6. The monoisotopic (exact) mass is 728 g/mol. The number of hydrogen-bond acceptors (Lipinski definition) is 6. The van der Waals surface area contributed by atoms with Crippen molar-refractivity contribution in [2.45, 2.75) is 23.7 Å². The largest absolute Gasteiger partial charge is 0.460 e. The van der Waals surface area contributed by atoms with Crippen LogP contribution in [-0.2, 0) is 24.8 Å². The van der Waals surface area contributed by atoms with E-state index >= 15 is 13.2 Å². The Hall–Kier alpha value is -6.32. The van der Waals surface area contributed by atoms with Gasteiger partial charge in [0.05, 0.1) is 11.4 Å². The maximum Gasteiger partial charge on any atom is 0.460 e. The number of ether oxygens (including phenoxy) is 2. The van der Waals surface area contributed by atoms with Crippen LogP contribution in [0.3, 0.4) is 0 Å². The third-order valence-corrected chi connectivity index (χ3v) is 7.97. The molecule has 4 amide bonds. The highest BCUT2D eigenvalue weighted by molar-refractivity contribution is 6.28. The SMILES string of the molecule is O=C1C=CC(=O)N1c1ccc(Oc2ccc(C(F)(c3ccc(Oc4ccc(N5C(=O)C=CC5=O)cc4)cc3)C(F)(F)C(F)(F)C(F)(F)F)cc2)cc1. The standard InChI is InChI=1S/C36H20F8N2O6/c37-33(34(38,39)35(40,41)36(42,43)44,21-1-9-25(10-2-21)51-27-13-5-23(6-14-27)45-29(47)17-18-30(45)48)22-3-11-26(12-4-22)52-28-15-7-24(8-16-28)46-31(49)19-20-32(46)50/h1-20H. The summed E-state index contributed by atoms with van der Waals surface area (Å²) in [5.41, 5.74) is -6.92. The van der Waals surface area contributed by atoms with Gasteiger partial charge in [-0.1, -0.05) is 24.3 Å². The van der Waals surface area contributed by atoms with Crippen LogP contribution in [0.1, 0.15) is 11.1 Å². The minimum Gasteiger partial charge on any atom is -0.457 e. The fourth-order valence-electron chi connectivity index (χ4n) is 5.34. The summed E-state index contributed by atoms with van der Waals surface area (Å²) >= 11 is 0. The van der Waals surface area contributed by atoms with Crippen molar-refractivity contribution in [3.63, 3.8) is 0 Å². The van der Waals surface area contributed by atoms with Gasteiger partial charge in [-0.3, -0.25) is 19.2 Å². The number of hydrogen-bond donors (Lipinski definition) is 0. The van der Waals surface area contributed by atoms with Gasteiger partial charge in [-0.15, -0.1) is 0 Å². The molecule has 0 bridgehead atoms. The van der Waals surface area contributed by atoms with Crippen molar-refractivity contribution in [3.05, 3.63) is 132 Å². The third kappa shape index (κ3) is 6.05. The van der Waals surface area contributed by atoms with E-state index in [0.29, 0.717) is 24.3 Å². The molecule has 2 aliphatic heterocycles. The van der Waals surface area contributed by atoms with Crippen LogP contribution in [0.15, 0.2) is 121 Å². The summed E-state index contributed by atoms with van der Waals surface area (Å²) < 4.78 is 128. The predicted octanol–water partition coefficient (Wildman–Crippen LogP) is 8.18. The van der Waals surface area contributed by atoms with Crippen LogP contribution in [0.4, 0.5) is 46.5 Å². The molecule has 0 aliphatic carbocycles. The summed E-state index contributed by atoms with van der Waals surface area (Å²) in [7, 11) is 0. The molecule has 0 saturated heterocycles. The number of rotatable bonds is 10. The lowest BCUT2D eigenvalue weighted by Crippen LogP contribution is -2.61. The summed E-state index contributed by atoms with van der Waals surface area (Å²) in [5.74, 6) is -15.8. The lowest BCUT2D eigenvalue weighted by molar-refractivity contribution is -0.377. The Morgan fingerprint density at radius 3 is 0.923 bits per heavy atom. The molecule has 0 atom stereocenters. The molecule has 16 heteroatoms. The summed E-state index contributed by atoms with van der Waals surface area (Å²) in [6, 6.07) is 16.4. The first-order valence-corrected chi connectivity index (χ1v) is 14.8. The zero-order valence-corrected chi connectivity index (χ0v) is 25.9. The highest BCUT2D eigenvalue weighted by Gasteiger charge is 2.81. The quantitative estimate of drug-likeness (QED) is 0.121. The van der Waals surface area contributed by atoms with Crippen molar-refractivity contribution in [1.29, 1.82) is 0 Å². The Balaban J connectivity index is 1.26. The van der Waals surface area contributed by atoms with Gasteiger partial charge in [-0.05, 0) is 72.8 Å². The average Bonchev–Trinajstić information content (AvgIpc) is 3.63. The van der Waals surface area contributed by atoms with E-state index in [-0.39, 0.29) is 34.4 Å². The molecule has 2 aliphatic rings. The number of carbonyl (C=O) groups is 4. The minimum absolute atomic E-state index is 0.0734. The smallest absolute Gasteiger partial charge is 0.457 e. The molecule has 0 unspecified atom stereocenters. The van der Waals surface area contributed by atoms with Crippen molar-refractivity contribution in [2.24, 2.45) is 0 Å². The second-order valence-corrected chi connectivity index (χ2v) is 11.2. The number of amides is 4. The van der Waals surface area contributed by atoms with Gasteiger partial charge in [0.1, 0.15) is 23.0 Å². The van der Waals surface area contributed by atoms with Crippen LogP contribution < -0.4 is 19.3 Å². The maximum absolute atomic E-state index is 16.7. The number of anilines is 2. The van der Waals surface area contributed by atoms with Crippen molar-refractivity contribution in [3.8, 4) is 23.0 Å². The fraction of sp³-hybridized carbons (Fsp3) is 0.111. The predicted molar refractivity (Wildman–Crippen MR) is 167 cm³/mol. The van der Waals surface area contributed by atoms with Gasteiger partial charge in [0.2, 0.25) is 5.67 Å². The highest BCUT2D eigenvalue weighted by atomic mass is 19.4. The molecule has 0 aromatic heterocycles. The summed E-state index contributed by atoms with van der Waals surface area (Å²) in [6.45, 7) is 0. The van der Waals surface area contributed by atoms with E-state index in [1.807, 2.05) is 0 Å². The van der Waals surface area contributed by atoms with Crippen LogP contribution in [0.5, 0.6) is 23.0 Å². The van der Waals surface area contributed by atoms with Crippen LogP contribution in [0, 0.1) is 0 Å². The molecule has 0 fully saturated rings. The van der Waals surface area contributed by atoms with Gasteiger partial charge < -0.3 is 9.47 Å². The molecule has 6 rings (SSSR count). The Bertz CT molecular complexity index is 1950. The van der Waals surface area contributed by atoms with E-state index in [1.54, 1.807) is 0 Å². The molecule has 8 nitrogen and oxygen atoms in total. The van der Waals surface area contributed by atoms with E-state index in [4.69, 9.17) is 9.47 Å². The van der Waals surface area contributed by atoms with Crippen molar-refractivity contribution in [1.82, 2.24) is 0 Å². The Kier molecular flexibility index (Phi) is 8.72. The van der Waals surface area contributed by atoms with Gasteiger partial charge in [0, 0.05) is 35.4 Å². The van der Waals surface area contributed by atoms with E-state index in [0.717, 1.165) is 58.4 Å². The number of halogens is 8. The summed E-state index contributed by atoms with van der Waals surface area (Å²) in [4.78, 5) is 49.3. The first kappa shape index (κ1) is 35.5. The third-order valence-electron chi connectivity index (χ3n) is 7.97. The molecule has 4 aromatic rings.